The van der Waals surface area contributed by atoms with E-state index in [2.05, 4.69) is 21.2 Å². The van der Waals surface area contributed by atoms with Crippen LogP contribution in [0.4, 0.5) is 0 Å². The normalized spacial score (nSPS) is 25.6. The number of rotatable bonds is 5. The van der Waals surface area contributed by atoms with Crippen molar-refractivity contribution in [1.82, 2.24) is 5.32 Å². The van der Waals surface area contributed by atoms with Crippen LogP contribution in [0.5, 0.6) is 5.75 Å². The molecule has 0 aromatic heterocycles. The van der Waals surface area contributed by atoms with Gasteiger partial charge in [0, 0.05) is 22.6 Å². The molecule has 2 fully saturated rings. The molecule has 2 atom stereocenters. The quantitative estimate of drug-likeness (QED) is 0.851. The van der Waals surface area contributed by atoms with Crippen LogP contribution in [0.25, 0.3) is 0 Å². The maximum atomic E-state index is 11.1. The fourth-order valence-corrected chi connectivity index (χ4v) is 3.33. The second-order valence-corrected chi connectivity index (χ2v) is 6.94. The molecule has 1 aromatic rings. The van der Waals surface area contributed by atoms with E-state index in [1.165, 1.54) is 19.3 Å². The molecule has 1 aliphatic carbocycles. The van der Waals surface area contributed by atoms with Crippen LogP contribution in [0, 0.1) is 11.8 Å². The Labute approximate surface area is 133 Å². The average Bonchev–Trinajstić information content (AvgIpc) is 2.88. The molecular formula is C16H20BrNO3. The van der Waals surface area contributed by atoms with E-state index in [1.54, 1.807) is 0 Å². The molecule has 5 heteroatoms. The highest BCUT2D eigenvalue weighted by atomic mass is 79.9. The number of ether oxygens (including phenoxy) is 1. The SMILES string of the molecule is O=C(O)C1CNC(c2cc(Br)ccc2OCC2CCC2)C1. The fourth-order valence-electron chi connectivity index (χ4n) is 2.95. The predicted molar refractivity (Wildman–Crippen MR) is 83.5 cm³/mol. The Bertz CT molecular complexity index is 530. The molecule has 4 nitrogen and oxygen atoms in total. The number of halogens is 1. The third-order valence-electron chi connectivity index (χ3n) is 4.53. The van der Waals surface area contributed by atoms with Crippen molar-refractivity contribution in [3.05, 3.63) is 28.2 Å². The summed E-state index contributed by atoms with van der Waals surface area (Å²) in [5, 5.41) is 12.4. The number of carbonyl (C=O) groups is 1. The summed E-state index contributed by atoms with van der Waals surface area (Å²) in [6.45, 7) is 1.29. The molecule has 2 unspecified atom stereocenters. The van der Waals surface area contributed by atoms with Gasteiger partial charge in [-0.3, -0.25) is 4.79 Å². The van der Waals surface area contributed by atoms with Crippen molar-refractivity contribution in [3.63, 3.8) is 0 Å². The van der Waals surface area contributed by atoms with Gasteiger partial charge in [0.2, 0.25) is 0 Å². The smallest absolute Gasteiger partial charge is 0.307 e. The standard InChI is InChI=1S/C16H20BrNO3/c17-12-4-5-15(21-9-10-2-1-3-10)13(7-12)14-6-11(8-18-14)16(19)20/h4-5,7,10-11,14,18H,1-3,6,8-9H2,(H,19,20). The van der Waals surface area contributed by atoms with Crippen LogP contribution in [-0.2, 0) is 4.79 Å². The van der Waals surface area contributed by atoms with E-state index in [-0.39, 0.29) is 12.0 Å². The summed E-state index contributed by atoms with van der Waals surface area (Å²) in [6, 6.07) is 6.05. The van der Waals surface area contributed by atoms with Crippen molar-refractivity contribution in [3.8, 4) is 5.75 Å². The van der Waals surface area contributed by atoms with Crippen molar-refractivity contribution in [2.45, 2.75) is 31.7 Å². The van der Waals surface area contributed by atoms with Crippen LogP contribution in [0.1, 0.15) is 37.3 Å². The number of hydrogen-bond donors (Lipinski definition) is 2. The lowest BCUT2D eigenvalue weighted by molar-refractivity contribution is -0.141. The topological polar surface area (TPSA) is 58.6 Å². The van der Waals surface area contributed by atoms with Crippen LogP contribution >= 0.6 is 15.9 Å². The van der Waals surface area contributed by atoms with Gasteiger partial charge in [-0.05, 0) is 43.4 Å². The Hall–Kier alpha value is -1.07. The van der Waals surface area contributed by atoms with Gasteiger partial charge in [0.1, 0.15) is 5.75 Å². The first-order valence-corrected chi connectivity index (χ1v) is 8.31. The molecule has 2 N–H and O–H groups in total. The van der Waals surface area contributed by atoms with Gasteiger partial charge in [-0.2, -0.15) is 0 Å². The van der Waals surface area contributed by atoms with E-state index in [0.29, 0.717) is 18.9 Å². The first-order valence-electron chi connectivity index (χ1n) is 7.52. The number of benzene rings is 1. The molecule has 0 radical (unpaired) electrons. The van der Waals surface area contributed by atoms with Gasteiger partial charge in [-0.25, -0.2) is 0 Å². The number of hydrogen-bond acceptors (Lipinski definition) is 3. The van der Waals surface area contributed by atoms with E-state index in [1.807, 2.05) is 18.2 Å². The fraction of sp³-hybridized carbons (Fsp3) is 0.562. The summed E-state index contributed by atoms with van der Waals surface area (Å²) >= 11 is 3.49. The molecule has 1 aromatic carbocycles. The van der Waals surface area contributed by atoms with Gasteiger partial charge < -0.3 is 15.2 Å². The van der Waals surface area contributed by atoms with E-state index in [4.69, 9.17) is 9.84 Å². The van der Waals surface area contributed by atoms with Crippen molar-refractivity contribution in [2.24, 2.45) is 11.8 Å². The highest BCUT2D eigenvalue weighted by Gasteiger charge is 2.32. The molecule has 0 bridgehead atoms. The van der Waals surface area contributed by atoms with Gasteiger partial charge in [0.15, 0.2) is 0 Å². The zero-order chi connectivity index (χ0) is 14.8. The second-order valence-electron chi connectivity index (χ2n) is 6.02. The average molecular weight is 354 g/mol. The molecule has 2 aliphatic rings. The maximum Gasteiger partial charge on any atom is 0.307 e. The Morgan fingerprint density at radius 2 is 2.24 bits per heavy atom. The lowest BCUT2D eigenvalue weighted by atomic mass is 9.86. The lowest BCUT2D eigenvalue weighted by Gasteiger charge is -2.26. The molecular weight excluding hydrogens is 334 g/mol. The molecule has 114 valence electrons. The number of carboxylic acid groups (broad SMARTS) is 1. The van der Waals surface area contributed by atoms with E-state index < -0.39 is 5.97 Å². The number of aliphatic carboxylic acids is 1. The van der Waals surface area contributed by atoms with Crippen LogP contribution in [0.3, 0.4) is 0 Å². The summed E-state index contributed by atoms with van der Waals surface area (Å²) in [5.41, 5.74) is 1.06. The first kappa shape index (κ1) is 14.9. The number of nitrogens with one attached hydrogen (secondary N) is 1. The summed E-state index contributed by atoms with van der Waals surface area (Å²) in [4.78, 5) is 11.1. The van der Waals surface area contributed by atoms with Gasteiger partial charge in [-0.1, -0.05) is 22.4 Å². The van der Waals surface area contributed by atoms with E-state index >= 15 is 0 Å². The molecule has 0 spiro atoms. The minimum absolute atomic E-state index is 0.0555. The van der Waals surface area contributed by atoms with Crippen molar-refractivity contribution in [1.29, 1.82) is 0 Å². The largest absolute Gasteiger partial charge is 0.493 e. The van der Waals surface area contributed by atoms with Crippen LogP contribution in [-0.4, -0.2) is 24.2 Å². The van der Waals surface area contributed by atoms with Crippen LogP contribution in [0.2, 0.25) is 0 Å². The maximum absolute atomic E-state index is 11.1. The Morgan fingerprint density at radius 3 is 2.86 bits per heavy atom. The molecule has 21 heavy (non-hydrogen) atoms. The summed E-state index contributed by atoms with van der Waals surface area (Å²) in [5.74, 6) is 0.531. The Morgan fingerprint density at radius 1 is 1.43 bits per heavy atom. The van der Waals surface area contributed by atoms with Gasteiger partial charge in [0.25, 0.3) is 0 Å². The van der Waals surface area contributed by atoms with Gasteiger partial charge in [0.05, 0.1) is 12.5 Å². The molecule has 0 amide bonds. The third-order valence-corrected chi connectivity index (χ3v) is 5.02. The van der Waals surface area contributed by atoms with Gasteiger partial charge in [-0.15, -0.1) is 0 Å². The molecule has 1 saturated heterocycles. The van der Waals surface area contributed by atoms with Gasteiger partial charge >= 0.3 is 5.97 Å². The minimum atomic E-state index is -0.725. The monoisotopic (exact) mass is 353 g/mol. The number of carboxylic acids is 1. The summed E-state index contributed by atoms with van der Waals surface area (Å²) in [7, 11) is 0. The summed E-state index contributed by atoms with van der Waals surface area (Å²) < 4.78 is 6.99. The van der Waals surface area contributed by atoms with Crippen molar-refractivity contribution >= 4 is 21.9 Å². The van der Waals surface area contributed by atoms with Crippen molar-refractivity contribution in [2.75, 3.05) is 13.2 Å². The second kappa shape index (κ2) is 6.36. The van der Waals surface area contributed by atoms with E-state index in [0.717, 1.165) is 22.4 Å². The van der Waals surface area contributed by atoms with E-state index in [9.17, 15) is 4.79 Å². The predicted octanol–water partition coefficient (Wildman–Crippen LogP) is 3.36. The minimum Gasteiger partial charge on any atom is -0.493 e. The third kappa shape index (κ3) is 3.40. The molecule has 1 heterocycles. The highest BCUT2D eigenvalue weighted by molar-refractivity contribution is 9.10. The highest BCUT2D eigenvalue weighted by Crippen LogP contribution is 2.36. The summed E-state index contributed by atoms with van der Waals surface area (Å²) in [6.07, 6.45) is 4.44. The molecule has 1 aliphatic heterocycles. The zero-order valence-electron chi connectivity index (χ0n) is 11.8. The van der Waals surface area contributed by atoms with Crippen LogP contribution < -0.4 is 10.1 Å². The van der Waals surface area contributed by atoms with Crippen LogP contribution in [0.15, 0.2) is 22.7 Å². The Kier molecular flexibility index (Phi) is 4.50. The molecule has 3 rings (SSSR count). The molecule has 1 saturated carbocycles. The lowest BCUT2D eigenvalue weighted by Crippen LogP contribution is -2.21. The zero-order valence-corrected chi connectivity index (χ0v) is 13.4. The van der Waals surface area contributed by atoms with Crippen molar-refractivity contribution < 1.29 is 14.6 Å². The Balaban J connectivity index is 1.73. The first-order chi connectivity index (χ1) is 10.1.